The molecule has 0 N–H and O–H groups in total. The number of hydrogen-bond donors (Lipinski definition) is 0. The minimum atomic E-state index is -0.267. The molecular formula is C17H17ClN2O. The van der Waals surface area contributed by atoms with Crippen molar-refractivity contribution >= 4 is 28.9 Å². The summed E-state index contributed by atoms with van der Waals surface area (Å²) in [6.07, 6.45) is 5.86. The van der Waals surface area contributed by atoms with E-state index in [0.29, 0.717) is 10.9 Å². The van der Waals surface area contributed by atoms with Gasteiger partial charge in [-0.15, -0.1) is 0 Å². The van der Waals surface area contributed by atoms with E-state index in [9.17, 15) is 4.79 Å². The largest absolute Gasteiger partial charge is 0.271 e. The van der Waals surface area contributed by atoms with Gasteiger partial charge in [-0.1, -0.05) is 17.7 Å². The van der Waals surface area contributed by atoms with Gasteiger partial charge in [0.05, 0.1) is 16.8 Å². The third-order valence-corrected chi connectivity index (χ3v) is 6.15. The topological polar surface area (TPSA) is 32.7 Å². The first-order valence-corrected chi connectivity index (χ1v) is 8.23. The fourth-order valence-electron chi connectivity index (χ4n) is 5.39. The smallest absolute Gasteiger partial charge is 0.259 e. The molecule has 3 nitrogen and oxygen atoms in total. The highest BCUT2D eigenvalue weighted by Crippen LogP contribution is 2.61. The third kappa shape index (κ3) is 1.50. The van der Waals surface area contributed by atoms with Gasteiger partial charge < -0.3 is 0 Å². The van der Waals surface area contributed by atoms with E-state index < -0.39 is 0 Å². The number of nitrogens with zero attached hydrogens (tertiary/aromatic N) is 2. The number of hydrogen-bond acceptors (Lipinski definition) is 2. The molecule has 1 heterocycles. The summed E-state index contributed by atoms with van der Waals surface area (Å²) in [4.78, 5) is 13.1. The lowest BCUT2D eigenvalue weighted by atomic mass is 9.48. The summed E-state index contributed by atoms with van der Waals surface area (Å²) in [6, 6.07) is 7.47. The minimum Gasteiger partial charge on any atom is -0.271 e. The first-order chi connectivity index (χ1) is 10.2. The minimum absolute atomic E-state index is 0.193. The third-order valence-electron chi connectivity index (χ3n) is 5.92. The van der Waals surface area contributed by atoms with Crippen molar-refractivity contribution < 1.29 is 4.79 Å². The van der Waals surface area contributed by atoms with Crippen LogP contribution in [-0.2, 0) is 4.79 Å². The number of hydrazone groups is 1. The summed E-state index contributed by atoms with van der Waals surface area (Å²) in [5.41, 5.74) is 1.72. The van der Waals surface area contributed by atoms with E-state index in [4.69, 9.17) is 16.7 Å². The highest BCUT2D eigenvalue weighted by atomic mass is 35.5. The summed E-state index contributed by atoms with van der Waals surface area (Å²) in [7, 11) is 0. The van der Waals surface area contributed by atoms with E-state index in [1.807, 2.05) is 24.3 Å². The highest BCUT2D eigenvalue weighted by Gasteiger charge is 2.63. The molecule has 1 aromatic carbocycles. The standard InChI is InChI=1S/C17H17ClN2O/c18-13-2-1-3-14(7-13)20-16(21)17-8-10-4-11(9-17)6-12(5-10)15(17)19-20/h1-3,7,10-12H,4-6,8-9H2. The Labute approximate surface area is 129 Å². The predicted molar refractivity (Wildman–Crippen MR) is 82.4 cm³/mol. The molecular weight excluding hydrogens is 284 g/mol. The van der Waals surface area contributed by atoms with E-state index in [1.165, 1.54) is 25.0 Å². The average molecular weight is 301 g/mol. The summed E-state index contributed by atoms with van der Waals surface area (Å²) in [5.74, 6) is 2.22. The van der Waals surface area contributed by atoms with E-state index in [-0.39, 0.29) is 11.3 Å². The fraction of sp³-hybridized carbons (Fsp3) is 0.529. The monoisotopic (exact) mass is 300 g/mol. The van der Waals surface area contributed by atoms with Crippen LogP contribution in [0.2, 0.25) is 5.02 Å². The van der Waals surface area contributed by atoms with E-state index in [1.54, 1.807) is 5.01 Å². The molecule has 0 aromatic heterocycles. The predicted octanol–water partition coefficient (Wildman–Crippen LogP) is 3.87. The molecule has 1 spiro atoms. The fourth-order valence-corrected chi connectivity index (χ4v) is 5.58. The summed E-state index contributed by atoms with van der Waals surface area (Å²) in [6.45, 7) is 0. The van der Waals surface area contributed by atoms with Gasteiger partial charge >= 0.3 is 0 Å². The van der Waals surface area contributed by atoms with Gasteiger partial charge in [0.15, 0.2) is 0 Å². The van der Waals surface area contributed by atoms with Gasteiger partial charge in [0.2, 0.25) is 0 Å². The zero-order chi connectivity index (χ0) is 14.2. The Bertz CT molecular complexity index is 669. The summed E-state index contributed by atoms with van der Waals surface area (Å²) < 4.78 is 0. The Morgan fingerprint density at radius 3 is 2.67 bits per heavy atom. The van der Waals surface area contributed by atoms with Crippen molar-refractivity contribution in [2.24, 2.45) is 28.3 Å². The number of carbonyl (C=O) groups excluding carboxylic acids is 1. The van der Waals surface area contributed by atoms with Crippen molar-refractivity contribution in [3.05, 3.63) is 29.3 Å². The zero-order valence-corrected chi connectivity index (χ0v) is 12.5. The number of carbonyl (C=O) groups is 1. The lowest BCUT2D eigenvalue weighted by Crippen LogP contribution is -2.55. The molecule has 4 saturated carbocycles. The number of anilines is 1. The Morgan fingerprint density at radius 2 is 1.95 bits per heavy atom. The molecule has 1 aliphatic heterocycles. The number of amides is 1. The molecule has 4 aliphatic carbocycles. The average Bonchev–Trinajstić information content (AvgIpc) is 2.72. The van der Waals surface area contributed by atoms with Crippen LogP contribution in [-0.4, -0.2) is 11.6 Å². The molecule has 0 saturated heterocycles. The quantitative estimate of drug-likeness (QED) is 0.775. The van der Waals surface area contributed by atoms with Gasteiger partial charge in [0, 0.05) is 10.9 Å². The SMILES string of the molecule is O=C1N(c2cccc(Cl)c2)N=C2C3CC4CC(C3)CC12C4. The van der Waals surface area contributed by atoms with Crippen LogP contribution in [0.15, 0.2) is 29.4 Å². The Balaban J connectivity index is 1.62. The van der Waals surface area contributed by atoms with Crippen molar-refractivity contribution in [2.75, 3.05) is 5.01 Å². The van der Waals surface area contributed by atoms with Crippen LogP contribution in [0.25, 0.3) is 0 Å². The highest BCUT2D eigenvalue weighted by molar-refractivity contribution is 6.31. The normalized spacial score (nSPS) is 39.7. The van der Waals surface area contributed by atoms with Gasteiger partial charge in [0.1, 0.15) is 0 Å². The molecule has 4 heteroatoms. The number of benzene rings is 1. The van der Waals surface area contributed by atoms with Crippen LogP contribution in [0.1, 0.15) is 32.1 Å². The Morgan fingerprint density at radius 1 is 1.19 bits per heavy atom. The second-order valence-corrected chi connectivity index (χ2v) is 7.64. The van der Waals surface area contributed by atoms with Gasteiger partial charge in [-0.25, -0.2) is 0 Å². The van der Waals surface area contributed by atoms with E-state index in [2.05, 4.69) is 0 Å². The Kier molecular flexibility index (Phi) is 2.26. The molecule has 21 heavy (non-hydrogen) atoms. The maximum absolute atomic E-state index is 13.1. The Hall–Kier alpha value is -1.35. The van der Waals surface area contributed by atoms with Crippen molar-refractivity contribution in [1.82, 2.24) is 0 Å². The van der Waals surface area contributed by atoms with Crippen LogP contribution < -0.4 is 5.01 Å². The molecule has 4 fully saturated rings. The second-order valence-electron chi connectivity index (χ2n) is 7.21. The van der Waals surface area contributed by atoms with Gasteiger partial charge in [-0.3, -0.25) is 4.79 Å². The van der Waals surface area contributed by atoms with Crippen molar-refractivity contribution in [3.8, 4) is 0 Å². The first-order valence-electron chi connectivity index (χ1n) is 7.85. The molecule has 6 rings (SSSR count). The van der Waals surface area contributed by atoms with Crippen molar-refractivity contribution in [1.29, 1.82) is 0 Å². The lowest BCUT2D eigenvalue weighted by molar-refractivity contribution is -0.129. The van der Waals surface area contributed by atoms with Crippen LogP contribution >= 0.6 is 11.6 Å². The molecule has 5 aliphatic rings. The van der Waals surface area contributed by atoms with E-state index in [0.717, 1.165) is 30.4 Å². The van der Waals surface area contributed by atoms with Gasteiger partial charge in [-0.2, -0.15) is 10.1 Å². The summed E-state index contributed by atoms with van der Waals surface area (Å²) in [5, 5.41) is 7.06. The maximum atomic E-state index is 13.1. The maximum Gasteiger partial charge on any atom is 0.259 e. The lowest BCUT2D eigenvalue weighted by Gasteiger charge is -2.53. The van der Waals surface area contributed by atoms with Crippen LogP contribution in [0.5, 0.6) is 0 Å². The van der Waals surface area contributed by atoms with Crippen LogP contribution in [0.3, 0.4) is 0 Å². The number of halogens is 1. The van der Waals surface area contributed by atoms with E-state index >= 15 is 0 Å². The van der Waals surface area contributed by atoms with Crippen LogP contribution in [0.4, 0.5) is 5.69 Å². The van der Waals surface area contributed by atoms with Gasteiger partial charge in [-0.05, 0) is 62.1 Å². The first kappa shape index (κ1) is 12.2. The second kappa shape index (κ2) is 3.89. The molecule has 4 bridgehead atoms. The molecule has 1 amide bonds. The molecule has 108 valence electrons. The molecule has 2 atom stereocenters. The molecule has 2 unspecified atom stereocenters. The van der Waals surface area contributed by atoms with Crippen molar-refractivity contribution in [3.63, 3.8) is 0 Å². The zero-order valence-electron chi connectivity index (χ0n) is 11.8. The molecule has 0 radical (unpaired) electrons. The molecule has 1 aromatic rings. The van der Waals surface area contributed by atoms with Crippen LogP contribution in [0, 0.1) is 23.2 Å². The van der Waals surface area contributed by atoms with Crippen molar-refractivity contribution in [2.45, 2.75) is 32.1 Å². The summed E-state index contributed by atoms with van der Waals surface area (Å²) >= 11 is 6.08. The van der Waals surface area contributed by atoms with Gasteiger partial charge in [0.25, 0.3) is 5.91 Å². The number of rotatable bonds is 1.